The molecule has 3 heteroatoms. The van der Waals surface area contributed by atoms with E-state index in [1.807, 2.05) is 0 Å². The third kappa shape index (κ3) is 4.12. The molecule has 1 aromatic rings. The second-order valence-corrected chi connectivity index (χ2v) is 8.09. The third-order valence-corrected chi connectivity index (χ3v) is 5.96. The normalized spacial score (nSPS) is 21.9. The molecule has 0 unspecified atom stereocenters. The number of aryl methyl sites for hydroxylation is 3. The maximum absolute atomic E-state index is 6.22. The maximum Gasteiger partial charge on any atom is 0.122 e. The molecule has 0 radical (unpaired) electrons. The van der Waals surface area contributed by atoms with Crippen molar-refractivity contribution in [3.63, 3.8) is 0 Å². The SMILES string of the molecule is CN1CCN(CCCc2cc3c(cc2OCC2CC2)CCC3)CC1. The Morgan fingerprint density at radius 2 is 1.79 bits per heavy atom. The van der Waals surface area contributed by atoms with Gasteiger partial charge in [0.25, 0.3) is 0 Å². The van der Waals surface area contributed by atoms with E-state index in [4.69, 9.17) is 4.74 Å². The number of benzene rings is 1. The van der Waals surface area contributed by atoms with E-state index in [1.165, 1.54) is 89.0 Å². The van der Waals surface area contributed by atoms with Gasteiger partial charge in [-0.3, -0.25) is 0 Å². The maximum atomic E-state index is 6.22. The van der Waals surface area contributed by atoms with Crippen molar-refractivity contribution in [2.45, 2.75) is 44.9 Å². The molecule has 0 bridgehead atoms. The first-order chi connectivity index (χ1) is 11.8. The quantitative estimate of drug-likeness (QED) is 0.765. The lowest BCUT2D eigenvalue weighted by Gasteiger charge is -2.32. The van der Waals surface area contributed by atoms with Gasteiger partial charge in [0.2, 0.25) is 0 Å². The largest absolute Gasteiger partial charge is 0.493 e. The predicted molar refractivity (Wildman–Crippen MR) is 98.9 cm³/mol. The molecule has 1 saturated heterocycles. The minimum atomic E-state index is 0.830. The van der Waals surface area contributed by atoms with Gasteiger partial charge in [0, 0.05) is 26.2 Å². The van der Waals surface area contributed by atoms with Crippen LogP contribution in [0, 0.1) is 5.92 Å². The van der Waals surface area contributed by atoms with E-state index in [0.29, 0.717) is 0 Å². The highest BCUT2D eigenvalue weighted by Crippen LogP contribution is 2.34. The summed E-state index contributed by atoms with van der Waals surface area (Å²) in [4.78, 5) is 5.05. The molecule has 132 valence electrons. The van der Waals surface area contributed by atoms with E-state index in [1.54, 1.807) is 11.1 Å². The molecule has 2 aliphatic carbocycles. The average molecular weight is 329 g/mol. The molecule has 0 N–H and O–H groups in total. The zero-order chi connectivity index (χ0) is 16.4. The van der Waals surface area contributed by atoms with Crippen LogP contribution in [0.25, 0.3) is 0 Å². The van der Waals surface area contributed by atoms with Gasteiger partial charge in [-0.1, -0.05) is 6.07 Å². The van der Waals surface area contributed by atoms with Crippen LogP contribution in [0.1, 0.15) is 42.4 Å². The number of piperazine rings is 1. The highest BCUT2D eigenvalue weighted by Gasteiger charge is 2.23. The van der Waals surface area contributed by atoms with Gasteiger partial charge < -0.3 is 14.5 Å². The van der Waals surface area contributed by atoms with E-state index in [2.05, 4.69) is 29.0 Å². The van der Waals surface area contributed by atoms with Gasteiger partial charge in [0.1, 0.15) is 5.75 Å². The molecular formula is C21H32N2O. The van der Waals surface area contributed by atoms with Gasteiger partial charge in [0.15, 0.2) is 0 Å². The number of rotatable bonds is 7. The Hall–Kier alpha value is -1.06. The molecule has 4 rings (SSSR count). The summed E-state index contributed by atoms with van der Waals surface area (Å²) in [6.07, 6.45) is 8.98. The molecular weight excluding hydrogens is 296 g/mol. The Kier molecular flexibility index (Phi) is 5.09. The standard InChI is InChI=1S/C21H32N2O/c1-22-10-12-23(13-11-22)9-3-6-20-14-18-4-2-5-19(18)15-21(20)24-16-17-7-8-17/h14-15,17H,2-13,16H2,1H3. The molecule has 24 heavy (non-hydrogen) atoms. The van der Waals surface area contributed by atoms with Crippen molar-refractivity contribution in [1.29, 1.82) is 0 Å². The number of likely N-dealkylation sites (N-methyl/N-ethyl adjacent to an activating group) is 1. The summed E-state index contributed by atoms with van der Waals surface area (Å²) in [7, 11) is 2.23. The number of nitrogens with zero attached hydrogens (tertiary/aromatic N) is 2. The van der Waals surface area contributed by atoms with Crippen molar-refractivity contribution < 1.29 is 4.74 Å². The van der Waals surface area contributed by atoms with Crippen LogP contribution in [-0.4, -0.2) is 56.2 Å². The van der Waals surface area contributed by atoms with E-state index < -0.39 is 0 Å². The Bertz CT molecular complexity index is 559. The van der Waals surface area contributed by atoms with Crippen LogP contribution in [0.4, 0.5) is 0 Å². The van der Waals surface area contributed by atoms with Crippen molar-refractivity contribution in [2.24, 2.45) is 5.92 Å². The molecule has 1 saturated carbocycles. The van der Waals surface area contributed by atoms with Crippen LogP contribution in [0.5, 0.6) is 5.75 Å². The zero-order valence-corrected chi connectivity index (χ0v) is 15.2. The van der Waals surface area contributed by atoms with Crippen molar-refractivity contribution in [3.8, 4) is 5.75 Å². The summed E-state index contributed by atoms with van der Waals surface area (Å²) < 4.78 is 6.22. The molecule has 0 atom stereocenters. The van der Waals surface area contributed by atoms with E-state index >= 15 is 0 Å². The molecule has 0 amide bonds. The zero-order valence-electron chi connectivity index (χ0n) is 15.2. The number of hydrogen-bond donors (Lipinski definition) is 0. The predicted octanol–water partition coefficient (Wildman–Crippen LogP) is 3.14. The summed E-state index contributed by atoms with van der Waals surface area (Å²) in [5, 5.41) is 0. The fourth-order valence-corrected chi connectivity index (χ4v) is 4.04. The summed E-state index contributed by atoms with van der Waals surface area (Å²) in [5.41, 5.74) is 4.59. The van der Waals surface area contributed by atoms with Gasteiger partial charge in [-0.2, -0.15) is 0 Å². The fraction of sp³-hybridized carbons (Fsp3) is 0.714. The molecule has 0 aromatic heterocycles. The van der Waals surface area contributed by atoms with Crippen molar-refractivity contribution >= 4 is 0 Å². The molecule has 1 heterocycles. The molecule has 1 aliphatic heterocycles. The molecule has 3 aliphatic rings. The smallest absolute Gasteiger partial charge is 0.122 e. The lowest BCUT2D eigenvalue weighted by atomic mass is 10.0. The van der Waals surface area contributed by atoms with Crippen molar-refractivity contribution in [3.05, 3.63) is 28.8 Å². The molecule has 1 aromatic carbocycles. The second kappa shape index (κ2) is 7.45. The minimum absolute atomic E-state index is 0.830. The number of ether oxygens (including phenoxy) is 1. The van der Waals surface area contributed by atoms with Crippen LogP contribution < -0.4 is 4.74 Å². The van der Waals surface area contributed by atoms with Crippen LogP contribution in [0.15, 0.2) is 12.1 Å². The Morgan fingerprint density at radius 3 is 2.54 bits per heavy atom. The van der Waals surface area contributed by atoms with E-state index in [-0.39, 0.29) is 0 Å². The first-order valence-electron chi connectivity index (χ1n) is 9.96. The first kappa shape index (κ1) is 16.4. The summed E-state index contributed by atoms with van der Waals surface area (Å²) >= 11 is 0. The summed E-state index contributed by atoms with van der Waals surface area (Å²) in [5.74, 6) is 2.03. The Balaban J connectivity index is 1.35. The fourth-order valence-electron chi connectivity index (χ4n) is 4.04. The number of hydrogen-bond acceptors (Lipinski definition) is 3. The third-order valence-electron chi connectivity index (χ3n) is 5.96. The van der Waals surface area contributed by atoms with Crippen LogP contribution in [0.3, 0.4) is 0 Å². The highest BCUT2D eigenvalue weighted by atomic mass is 16.5. The molecule has 3 nitrogen and oxygen atoms in total. The first-order valence-corrected chi connectivity index (χ1v) is 9.96. The van der Waals surface area contributed by atoms with Gasteiger partial charge in [-0.05, 0) is 87.2 Å². The van der Waals surface area contributed by atoms with Crippen molar-refractivity contribution in [1.82, 2.24) is 9.80 Å². The Labute approximate surface area is 147 Å². The highest BCUT2D eigenvalue weighted by molar-refractivity contribution is 5.45. The topological polar surface area (TPSA) is 15.7 Å². The van der Waals surface area contributed by atoms with Gasteiger partial charge >= 0.3 is 0 Å². The number of fused-ring (bicyclic) bond motifs is 1. The monoisotopic (exact) mass is 328 g/mol. The van der Waals surface area contributed by atoms with E-state index in [9.17, 15) is 0 Å². The minimum Gasteiger partial charge on any atom is -0.493 e. The average Bonchev–Trinajstić information content (AvgIpc) is 3.31. The van der Waals surface area contributed by atoms with Crippen molar-refractivity contribution in [2.75, 3.05) is 46.4 Å². The lowest BCUT2D eigenvalue weighted by molar-refractivity contribution is 0.153. The van der Waals surface area contributed by atoms with Crippen LogP contribution in [-0.2, 0) is 19.3 Å². The van der Waals surface area contributed by atoms with Crippen LogP contribution in [0.2, 0.25) is 0 Å². The lowest BCUT2D eigenvalue weighted by Crippen LogP contribution is -2.44. The Morgan fingerprint density at radius 1 is 1.04 bits per heavy atom. The van der Waals surface area contributed by atoms with Gasteiger partial charge in [-0.15, -0.1) is 0 Å². The van der Waals surface area contributed by atoms with E-state index in [0.717, 1.165) is 12.5 Å². The van der Waals surface area contributed by atoms with Gasteiger partial charge in [0.05, 0.1) is 6.61 Å². The van der Waals surface area contributed by atoms with Gasteiger partial charge in [-0.25, -0.2) is 0 Å². The molecule has 2 fully saturated rings. The summed E-state index contributed by atoms with van der Waals surface area (Å²) in [6.45, 7) is 7.05. The second-order valence-electron chi connectivity index (χ2n) is 8.09. The van der Waals surface area contributed by atoms with Crippen LogP contribution >= 0.6 is 0 Å². The summed E-state index contributed by atoms with van der Waals surface area (Å²) in [6, 6.07) is 4.84. The molecule has 0 spiro atoms.